The quantitative estimate of drug-likeness (QED) is 0.807. The molecular formula is C21H28N2O5. The molecule has 152 valence electrons. The topological polar surface area (TPSA) is 86.4 Å². The summed E-state index contributed by atoms with van der Waals surface area (Å²) in [7, 11) is 0. The van der Waals surface area contributed by atoms with E-state index in [1.54, 1.807) is 4.90 Å². The van der Waals surface area contributed by atoms with Gasteiger partial charge in [0.1, 0.15) is 5.58 Å². The molecule has 0 spiro atoms. The molecule has 4 rings (SSSR count). The molecule has 1 aromatic carbocycles. The summed E-state index contributed by atoms with van der Waals surface area (Å²) in [6.07, 6.45) is -1.41. The van der Waals surface area contributed by atoms with Gasteiger partial charge in [-0.2, -0.15) is 0 Å². The second kappa shape index (κ2) is 7.83. The number of morpholine rings is 1. The molecule has 2 aliphatic rings. The van der Waals surface area contributed by atoms with E-state index >= 15 is 0 Å². The van der Waals surface area contributed by atoms with Crippen molar-refractivity contribution in [3.8, 4) is 0 Å². The maximum atomic E-state index is 13.3. The number of hydrogen-bond acceptors (Lipinski definition) is 6. The van der Waals surface area contributed by atoms with E-state index < -0.39 is 12.2 Å². The van der Waals surface area contributed by atoms with E-state index in [1.807, 2.05) is 32.0 Å². The second-order valence-electron chi connectivity index (χ2n) is 7.87. The largest absolute Gasteiger partial charge is 0.451 e. The number of benzene rings is 1. The lowest BCUT2D eigenvalue weighted by atomic mass is 10.0. The summed E-state index contributed by atoms with van der Waals surface area (Å²) in [4.78, 5) is 17.1. The second-order valence-corrected chi connectivity index (χ2v) is 7.87. The number of carbonyl (C=O) groups is 1. The Hall–Kier alpha value is -1.93. The maximum Gasteiger partial charge on any atom is 0.289 e. The SMILES string of the molecule is Cc1ccc2c(C)c(C(=O)N3CC[C@@H](O)[C@@H](O)[C@H](N4CCOCC4)C3)oc2c1. The Balaban J connectivity index is 1.62. The van der Waals surface area contributed by atoms with Crippen LogP contribution in [0.4, 0.5) is 0 Å². The third-order valence-electron chi connectivity index (χ3n) is 5.98. The van der Waals surface area contributed by atoms with Gasteiger partial charge in [-0.25, -0.2) is 0 Å². The van der Waals surface area contributed by atoms with Crippen LogP contribution in [0.2, 0.25) is 0 Å². The highest BCUT2D eigenvalue weighted by Crippen LogP contribution is 2.28. The molecule has 7 heteroatoms. The Morgan fingerprint density at radius 3 is 2.64 bits per heavy atom. The molecule has 3 atom stereocenters. The molecule has 0 unspecified atom stereocenters. The van der Waals surface area contributed by atoms with Crippen LogP contribution in [0.15, 0.2) is 22.6 Å². The third kappa shape index (κ3) is 3.55. The average molecular weight is 388 g/mol. The molecular weight excluding hydrogens is 360 g/mol. The minimum absolute atomic E-state index is 0.189. The van der Waals surface area contributed by atoms with Gasteiger partial charge in [0.05, 0.1) is 31.5 Å². The molecule has 7 nitrogen and oxygen atoms in total. The van der Waals surface area contributed by atoms with Gasteiger partial charge in [-0.3, -0.25) is 9.69 Å². The molecule has 2 saturated heterocycles. The monoisotopic (exact) mass is 388 g/mol. The van der Waals surface area contributed by atoms with Crippen LogP contribution in [-0.4, -0.2) is 83.6 Å². The summed E-state index contributed by atoms with van der Waals surface area (Å²) in [6.45, 7) is 7.17. The molecule has 3 heterocycles. The Bertz CT molecular complexity index is 858. The number of likely N-dealkylation sites (tertiary alicyclic amines) is 1. The molecule has 28 heavy (non-hydrogen) atoms. The van der Waals surface area contributed by atoms with Crippen LogP contribution in [0.25, 0.3) is 11.0 Å². The average Bonchev–Trinajstić information content (AvgIpc) is 2.94. The first-order chi connectivity index (χ1) is 13.5. The third-order valence-corrected chi connectivity index (χ3v) is 5.98. The van der Waals surface area contributed by atoms with E-state index in [2.05, 4.69) is 4.90 Å². The lowest BCUT2D eigenvalue weighted by molar-refractivity contribution is -0.0609. The fraction of sp³-hybridized carbons (Fsp3) is 0.571. The smallest absolute Gasteiger partial charge is 0.289 e. The molecule has 1 amide bonds. The highest BCUT2D eigenvalue weighted by atomic mass is 16.5. The van der Waals surface area contributed by atoms with Crippen LogP contribution in [-0.2, 0) is 4.74 Å². The van der Waals surface area contributed by atoms with Crippen molar-refractivity contribution in [3.05, 3.63) is 35.1 Å². The van der Waals surface area contributed by atoms with Crippen molar-refractivity contribution in [2.45, 2.75) is 38.5 Å². The zero-order valence-electron chi connectivity index (χ0n) is 16.4. The zero-order chi connectivity index (χ0) is 19.8. The van der Waals surface area contributed by atoms with Crippen LogP contribution in [0.5, 0.6) is 0 Å². The fourth-order valence-corrected chi connectivity index (χ4v) is 4.25. The molecule has 0 bridgehead atoms. The van der Waals surface area contributed by atoms with Gasteiger partial charge >= 0.3 is 0 Å². The molecule has 2 aromatic rings. The highest BCUT2D eigenvalue weighted by Gasteiger charge is 2.38. The first-order valence-electron chi connectivity index (χ1n) is 9.92. The number of aliphatic hydroxyl groups is 2. The summed E-state index contributed by atoms with van der Waals surface area (Å²) in [5, 5.41) is 21.9. The highest BCUT2D eigenvalue weighted by molar-refractivity contribution is 5.99. The number of furan rings is 1. The Morgan fingerprint density at radius 2 is 1.89 bits per heavy atom. The van der Waals surface area contributed by atoms with Crippen molar-refractivity contribution in [3.63, 3.8) is 0 Å². The summed E-state index contributed by atoms with van der Waals surface area (Å²) in [5.74, 6) is 0.151. The van der Waals surface area contributed by atoms with Crippen molar-refractivity contribution in [1.82, 2.24) is 9.80 Å². The van der Waals surface area contributed by atoms with Gasteiger partial charge in [0.25, 0.3) is 5.91 Å². The lowest BCUT2D eigenvalue weighted by Crippen LogP contribution is -2.55. The van der Waals surface area contributed by atoms with Gasteiger partial charge in [-0.05, 0) is 31.9 Å². The molecule has 2 N–H and O–H groups in total. The van der Waals surface area contributed by atoms with E-state index in [1.165, 1.54) is 0 Å². The van der Waals surface area contributed by atoms with Crippen molar-refractivity contribution in [2.75, 3.05) is 39.4 Å². The predicted octanol–water partition coefficient (Wildman–Crippen LogP) is 1.32. The molecule has 0 saturated carbocycles. The number of hydrogen-bond donors (Lipinski definition) is 2. The molecule has 1 aromatic heterocycles. The summed E-state index contributed by atoms with van der Waals surface area (Å²) in [6, 6.07) is 5.60. The first kappa shape index (κ1) is 19.4. The van der Waals surface area contributed by atoms with Gasteiger partial charge in [0.15, 0.2) is 5.76 Å². The van der Waals surface area contributed by atoms with Gasteiger partial charge in [0, 0.05) is 37.1 Å². The van der Waals surface area contributed by atoms with Crippen molar-refractivity contribution < 1.29 is 24.2 Å². The van der Waals surface area contributed by atoms with Gasteiger partial charge in [-0.1, -0.05) is 12.1 Å². The minimum atomic E-state index is -0.893. The first-order valence-corrected chi connectivity index (χ1v) is 9.92. The number of rotatable bonds is 2. The van der Waals surface area contributed by atoms with Crippen molar-refractivity contribution in [2.24, 2.45) is 0 Å². The molecule has 2 aliphatic heterocycles. The van der Waals surface area contributed by atoms with E-state index in [9.17, 15) is 15.0 Å². The number of amides is 1. The summed E-state index contributed by atoms with van der Waals surface area (Å²) in [5.41, 5.74) is 2.61. The summed E-state index contributed by atoms with van der Waals surface area (Å²) >= 11 is 0. The van der Waals surface area contributed by atoms with E-state index in [4.69, 9.17) is 9.15 Å². The van der Waals surface area contributed by atoms with Gasteiger partial charge in [-0.15, -0.1) is 0 Å². The zero-order valence-corrected chi connectivity index (χ0v) is 16.4. The van der Waals surface area contributed by atoms with E-state index in [0.717, 1.165) is 16.5 Å². The number of nitrogens with zero attached hydrogens (tertiary/aromatic N) is 2. The van der Waals surface area contributed by atoms with Gasteiger partial charge < -0.3 is 24.3 Å². The van der Waals surface area contributed by atoms with E-state index in [0.29, 0.717) is 57.2 Å². The van der Waals surface area contributed by atoms with Crippen LogP contribution in [0.3, 0.4) is 0 Å². The van der Waals surface area contributed by atoms with E-state index in [-0.39, 0.29) is 11.9 Å². The maximum absolute atomic E-state index is 13.3. The van der Waals surface area contributed by atoms with Crippen molar-refractivity contribution in [1.29, 1.82) is 0 Å². The molecule has 0 aliphatic carbocycles. The van der Waals surface area contributed by atoms with Crippen molar-refractivity contribution >= 4 is 16.9 Å². The minimum Gasteiger partial charge on any atom is -0.451 e. The Labute approximate surface area is 164 Å². The normalized spacial score (nSPS) is 27.1. The fourth-order valence-electron chi connectivity index (χ4n) is 4.25. The number of ether oxygens (including phenoxy) is 1. The number of aryl methyl sites for hydroxylation is 2. The standard InChI is InChI=1S/C21H28N2O5/c1-13-3-4-15-14(2)20(28-18(15)11-13)21(26)23-6-5-17(24)19(25)16(12-23)22-7-9-27-10-8-22/h3-4,11,16-17,19,24-25H,5-10,12H2,1-2H3/t16-,17-,19+/m1/s1. The molecule has 0 radical (unpaired) electrons. The lowest BCUT2D eigenvalue weighted by Gasteiger charge is -2.38. The van der Waals surface area contributed by atoms with Crippen LogP contribution in [0, 0.1) is 13.8 Å². The Kier molecular flexibility index (Phi) is 5.42. The Morgan fingerprint density at radius 1 is 1.14 bits per heavy atom. The van der Waals surface area contributed by atoms with Crippen LogP contribution in [0.1, 0.15) is 28.1 Å². The predicted molar refractivity (Wildman–Crippen MR) is 104 cm³/mol. The number of aliphatic hydroxyl groups excluding tert-OH is 2. The van der Waals surface area contributed by atoms with Gasteiger partial charge in [0.2, 0.25) is 0 Å². The molecule has 2 fully saturated rings. The number of fused-ring (bicyclic) bond motifs is 1. The summed E-state index contributed by atoms with van der Waals surface area (Å²) < 4.78 is 11.3. The van der Waals surface area contributed by atoms with Crippen LogP contribution < -0.4 is 0 Å². The van der Waals surface area contributed by atoms with Crippen LogP contribution >= 0.6 is 0 Å². The number of carbonyl (C=O) groups excluding carboxylic acids is 1.